The molecule has 0 aliphatic carbocycles. The third kappa shape index (κ3) is 2.92. The van der Waals surface area contributed by atoms with Crippen LogP contribution in [0.2, 0.25) is 5.02 Å². The van der Waals surface area contributed by atoms with Crippen LogP contribution in [0.5, 0.6) is 0 Å². The van der Waals surface area contributed by atoms with E-state index in [9.17, 15) is 22.7 Å². The number of amidine groups is 1. The number of hydrogen-bond acceptors (Lipinski definition) is 2. The average molecular weight is 385 g/mol. The Morgan fingerprint density at radius 3 is 2.46 bits per heavy atom. The van der Waals surface area contributed by atoms with E-state index in [-0.39, 0.29) is 33.3 Å². The highest BCUT2D eigenvalue weighted by Gasteiger charge is 2.38. The first kappa shape index (κ1) is 18.3. The molecular weight excluding hydrogens is 372 g/mol. The molecule has 1 aliphatic heterocycles. The summed E-state index contributed by atoms with van der Waals surface area (Å²) in [6.07, 6.45) is -4.55. The van der Waals surface area contributed by atoms with Gasteiger partial charge in [-0.1, -0.05) is 35.9 Å². The maximum absolute atomic E-state index is 13.8. The maximum atomic E-state index is 13.8. The van der Waals surface area contributed by atoms with Gasteiger partial charge in [0, 0.05) is 12.6 Å². The second-order valence-corrected chi connectivity index (χ2v) is 6.22. The molecule has 1 atom stereocenters. The van der Waals surface area contributed by atoms with Crippen LogP contribution in [-0.2, 0) is 6.18 Å². The van der Waals surface area contributed by atoms with Crippen molar-refractivity contribution in [2.24, 2.45) is 0 Å². The van der Waals surface area contributed by atoms with Crippen molar-refractivity contribution in [3.63, 3.8) is 0 Å². The Kier molecular flexibility index (Phi) is 4.44. The van der Waals surface area contributed by atoms with Gasteiger partial charge in [-0.15, -0.1) is 0 Å². The number of benzene rings is 2. The van der Waals surface area contributed by atoms with Crippen molar-refractivity contribution in [2.75, 3.05) is 7.05 Å². The maximum Gasteiger partial charge on any atom is 0.416 e. The zero-order chi connectivity index (χ0) is 19.2. The fourth-order valence-corrected chi connectivity index (χ4v) is 3.20. The van der Waals surface area contributed by atoms with Crippen LogP contribution in [0.15, 0.2) is 48.2 Å². The van der Waals surface area contributed by atoms with Gasteiger partial charge in [0.2, 0.25) is 0 Å². The number of halogens is 5. The molecule has 2 aromatic rings. The fourth-order valence-electron chi connectivity index (χ4n) is 2.97. The molecule has 1 unspecified atom stereocenters. The second kappa shape index (κ2) is 6.32. The molecule has 2 aromatic carbocycles. The number of aliphatic hydroxyl groups is 1. The van der Waals surface area contributed by atoms with Gasteiger partial charge in [0.1, 0.15) is 23.5 Å². The smallest absolute Gasteiger partial charge is 0.416 e. The van der Waals surface area contributed by atoms with Gasteiger partial charge in [0.05, 0.1) is 16.2 Å². The largest absolute Gasteiger partial charge is 0.509 e. The number of rotatable bonds is 2. The van der Waals surface area contributed by atoms with Gasteiger partial charge in [0.15, 0.2) is 0 Å². The highest BCUT2D eigenvalue weighted by atomic mass is 35.5. The van der Waals surface area contributed by atoms with Crippen LogP contribution in [-0.4, -0.2) is 22.9 Å². The van der Waals surface area contributed by atoms with E-state index < -0.39 is 23.6 Å². The van der Waals surface area contributed by atoms with Crippen molar-refractivity contribution in [1.82, 2.24) is 4.90 Å². The lowest BCUT2D eigenvalue weighted by Gasteiger charge is -2.23. The Morgan fingerprint density at radius 1 is 1.15 bits per heavy atom. The van der Waals surface area contributed by atoms with Gasteiger partial charge >= 0.3 is 6.18 Å². The van der Waals surface area contributed by atoms with E-state index in [1.165, 1.54) is 36.2 Å². The highest BCUT2D eigenvalue weighted by Crippen LogP contribution is 2.43. The zero-order valence-corrected chi connectivity index (χ0v) is 14.2. The monoisotopic (exact) mass is 384 g/mol. The minimum atomic E-state index is -4.55. The van der Waals surface area contributed by atoms with Gasteiger partial charge in [-0.2, -0.15) is 13.2 Å². The summed E-state index contributed by atoms with van der Waals surface area (Å²) >= 11 is 5.98. The van der Waals surface area contributed by atoms with Crippen molar-refractivity contribution in [3.8, 4) is 0 Å². The fraction of sp³-hybridized carbons (Fsp3) is 0.167. The predicted octanol–water partition coefficient (Wildman–Crippen LogP) is 5.43. The van der Waals surface area contributed by atoms with E-state index in [2.05, 4.69) is 0 Å². The van der Waals surface area contributed by atoms with Gasteiger partial charge < -0.3 is 10.0 Å². The quantitative estimate of drug-likeness (QED) is 0.678. The molecule has 2 N–H and O–H groups in total. The van der Waals surface area contributed by atoms with Crippen molar-refractivity contribution in [1.29, 1.82) is 5.41 Å². The number of alkyl halides is 3. The first-order valence-electron chi connectivity index (χ1n) is 7.49. The van der Waals surface area contributed by atoms with Gasteiger partial charge in [-0.3, -0.25) is 5.41 Å². The number of hydrogen-bond donors (Lipinski definition) is 2. The number of nitrogens with one attached hydrogen (secondary N) is 1. The standard InChI is InChI=1S/C18H13ClF4N2O/c1-25-15(11-6-3-7-12(20)14(11)19)16(26)13(17(25)24)9-4-2-5-10(8-9)18(21,22)23/h2-8,15,24,26H,1H3. The van der Waals surface area contributed by atoms with Gasteiger partial charge in [0.25, 0.3) is 0 Å². The molecule has 0 aromatic heterocycles. The number of aliphatic hydroxyl groups excluding tert-OH is 1. The Bertz CT molecular complexity index is 924. The first-order valence-corrected chi connectivity index (χ1v) is 7.87. The van der Waals surface area contributed by atoms with Crippen LogP contribution in [0.1, 0.15) is 22.7 Å². The van der Waals surface area contributed by atoms with E-state index in [1.807, 2.05) is 0 Å². The Morgan fingerprint density at radius 2 is 1.81 bits per heavy atom. The van der Waals surface area contributed by atoms with Crippen molar-refractivity contribution >= 4 is 23.0 Å². The number of likely N-dealkylation sites (N-methyl/N-ethyl adjacent to an activating group) is 1. The summed E-state index contributed by atoms with van der Waals surface area (Å²) in [6.45, 7) is 0. The van der Waals surface area contributed by atoms with Crippen LogP contribution in [0.3, 0.4) is 0 Å². The summed E-state index contributed by atoms with van der Waals surface area (Å²) in [5, 5.41) is 18.6. The Balaban J connectivity index is 2.15. The molecule has 0 saturated heterocycles. The molecule has 1 aliphatic rings. The molecule has 26 heavy (non-hydrogen) atoms. The zero-order valence-electron chi connectivity index (χ0n) is 13.4. The molecule has 0 amide bonds. The van der Waals surface area contributed by atoms with Crippen LogP contribution >= 0.6 is 11.6 Å². The molecule has 0 radical (unpaired) electrons. The normalized spacial score (nSPS) is 18.0. The summed E-state index contributed by atoms with van der Waals surface area (Å²) in [5.41, 5.74) is -0.676. The van der Waals surface area contributed by atoms with Crippen molar-refractivity contribution in [3.05, 3.63) is 75.8 Å². The van der Waals surface area contributed by atoms with Crippen LogP contribution in [0.4, 0.5) is 17.6 Å². The lowest BCUT2D eigenvalue weighted by atomic mass is 9.99. The molecule has 3 nitrogen and oxygen atoms in total. The summed E-state index contributed by atoms with van der Waals surface area (Å²) < 4.78 is 52.7. The van der Waals surface area contributed by atoms with Crippen LogP contribution in [0, 0.1) is 11.2 Å². The van der Waals surface area contributed by atoms with E-state index in [0.29, 0.717) is 0 Å². The Hall–Kier alpha value is -2.54. The minimum Gasteiger partial charge on any atom is -0.509 e. The lowest BCUT2D eigenvalue weighted by Crippen LogP contribution is -2.25. The average Bonchev–Trinajstić information content (AvgIpc) is 2.79. The molecule has 0 spiro atoms. The molecule has 8 heteroatoms. The third-order valence-electron chi connectivity index (χ3n) is 4.25. The molecule has 0 fully saturated rings. The summed E-state index contributed by atoms with van der Waals surface area (Å²) in [7, 11) is 1.48. The van der Waals surface area contributed by atoms with E-state index in [0.717, 1.165) is 18.2 Å². The molecule has 0 bridgehead atoms. The van der Waals surface area contributed by atoms with Crippen molar-refractivity contribution < 1.29 is 22.7 Å². The Labute approximate surface area is 151 Å². The molecule has 136 valence electrons. The SMILES string of the molecule is CN1C(=N)C(c2cccc(C(F)(F)F)c2)=C(O)C1c1cccc(F)c1Cl. The topological polar surface area (TPSA) is 47.3 Å². The predicted molar refractivity (Wildman–Crippen MR) is 90.6 cm³/mol. The van der Waals surface area contributed by atoms with Crippen LogP contribution in [0.25, 0.3) is 5.57 Å². The molecular formula is C18H13ClF4N2O. The van der Waals surface area contributed by atoms with Gasteiger partial charge in [-0.25, -0.2) is 4.39 Å². The van der Waals surface area contributed by atoms with E-state index in [4.69, 9.17) is 17.0 Å². The third-order valence-corrected chi connectivity index (χ3v) is 4.65. The molecule has 0 saturated carbocycles. The first-order chi connectivity index (χ1) is 12.1. The minimum absolute atomic E-state index is 0.0456. The summed E-state index contributed by atoms with van der Waals surface area (Å²) in [5.74, 6) is -1.24. The van der Waals surface area contributed by atoms with Gasteiger partial charge in [-0.05, 0) is 23.8 Å². The van der Waals surface area contributed by atoms with Crippen LogP contribution < -0.4 is 0 Å². The second-order valence-electron chi connectivity index (χ2n) is 5.84. The van der Waals surface area contributed by atoms with E-state index >= 15 is 0 Å². The molecule has 3 rings (SSSR count). The highest BCUT2D eigenvalue weighted by molar-refractivity contribution is 6.32. The number of nitrogens with zero attached hydrogens (tertiary/aromatic N) is 1. The van der Waals surface area contributed by atoms with Crippen molar-refractivity contribution in [2.45, 2.75) is 12.2 Å². The van der Waals surface area contributed by atoms with E-state index in [1.54, 1.807) is 0 Å². The molecule has 1 heterocycles. The summed E-state index contributed by atoms with van der Waals surface area (Å²) in [6, 6.07) is 7.44. The lowest BCUT2D eigenvalue weighted by molar-refractivity contribution is -0.137. The summed E-state index contributed by atoms with van der Waals surface area (Å²) in [4.78, 5) is 1.32.